The van der Waals surface area contributed by atoms with E-state index in [4.69, 9.17) is 9.26 Å². The van der Waals surface area contributed by atoms with Crippen LogP contribution in [0.3, 0.4) is 0 Å². The van der Waals surface area contributed by atoms with E-state index in [0.29, 0.717) is 36.8 Å². The van der Waals surface area contributed by atoms with Crippen LogP contribution < -0.4 is 0 Å². The maximum absolute atomic E-state index is 12.3. The van der Waals surface area contributed by atoms with Crippen LogP contribution in [-0.2, 0) is 16.0 Å². The summed E-state index contributed by atoms with van der Waals surface area (Å²) in [6.45, 7) is 1.29. The molecule has 1 aliphatic rings. The summed E-state index contributed by atoms with van der Waals surface area (Å²) in [6.07, 6.45) is 1.24. The molecule has 0 aliphatic carbocycles. The fraction of sp³-hybridized carbons (Fsp3) is 0.300. The van der Waals surface area contributed by atoms with E-state index in [1.807, 2.05) is 16.3 Å². The van der Waals surface area contributed by atoms with Gasteiger partial charge in [0.25, 0.3) is 0 Å². The van der Waals surface area contributed by atoms with Crippen LogP contribution in [0, 0.1) is 0 Å². The maximum Gasteiger partial charge on any atom is 0.337 e. The molecule has 1 unspecified atom stereocenters. The third-order valence-electron chi connectivity index (χ3n) is 4.78. The van der Waals surface area contributed by atoms with Crippen LogP contribution in [0.1, 0.15) is 33.5 Å². The molecule has 3 aromatic rings. The lowest BCUT2D eigenvalue weighted by molar-refractivity contribution is -0.127. The van der Waals surface area contributed by atoms with Crippen molar-refractivity contribution in [2.45, 2.75) is 18.8 Å². The predicted octanol–water partition coefficient (Wildman–Crippen LogP) is 3.14. The molecule has 0 N–H and O–H groups in total. The van der Waals surface area contributed by atoms with Gasteiger partial charge in [-0.05, 0) is 30.0 Å². The average molecular weight is 397 g/mol. The highest BCUT2D eigenvalue weighted by Crippen LogP contribution is 2.29. The molecular formula is C20H19N3O4S. The van der Waals surface area contributed by atoms with Crippen molar-refractivity contribution in [3.63, 3.8) is 0 Å². The van der Waals surface area contributed by atoms with Crippen LogP contribution >= 0.6 is 11.3 Å². The number of methoxy groups -OCH3 is 1. The Labute approximate surface area is 165 Å². The lowest BCUT2D eigenvalue weighted by Gasteiger charge is -2.15. The summed E-state index contributed by atoms with van der Waals surface area (Å²) in [7, 11) is 1.34. The highest BCUT2D eigenvalue weighted by atomic mass is 32.1. The number of aromatic nitrogens is 2. The second kappa shape index (κ2) is 7.93. The number of likely N-dealkylation sites (tertiary alicyclic amines) is 1. The first kappa shape index (κ1) is 18.4. The second-order valence-electron chi connectivity index (χ2n) is 6.60. The smallest absolute Gasteiger partial charge is 0.337 e. The van der Waals surface area contributed by atoms with Crippen molar-refractivity contribution >= 4 is 23.2 Å². The van der Waals surface area contributed by atoms with E-state index in [2.05, 4.69) is 16.2 Å². The Morgan fingerprint density at radius 1 is 1.32 bits per heavy atom. The Morgan fingerprint density at radius 3 is 2.86 bits per heavy atom. The van der Waals surface area contributed by atoms with Crippen LogP contribution in [0.15, 0.2) is 46.3 Å². The number of hydrogen-bond acceptors (Lipinski definition) is 7. The lowest BCUT2D eigenvalue weighted by Crippen LogP contribution is -2.27. The van der Waals surface area contributed by atoms with Gasteiger partial charge in [0.1, 0.15) is 0 Å². The molecule has 28 heavy (non-hydrogen) atoms. The third kappa shape index (κ3) is 3.82. The Balaban J connectivity index is 1.41. The minimum atomic E-state index is -0.396. The molecule has 1 atom stereocenters. The molecule has 0 bridgehead atoms. The molecule has 3 heterocycles. The van der Waals surface area contributed by atoms with E-state index in [1.54, 1.807) is 35.6 Å². The van der Waals surface area contributed by atoms with Gasteiger partial charge < -0.3 is 14.2 Å². The van der Waals surface area contributed by atoms with E-state index in [0.717, 1.165) is 12.0 Å². The molecule has 1 fully saturated rings. The van der Waals surface area contributed by atoms with Crippen LogP contribution in [0.4, 0.5) is 0 Å². The molecule has 1 saturated heterocycles. The molecule has 144 valence electrons. The van der Waals surface area contributed by atoms with Crippen LogP contribution in [0.2, 0.25) is 0 Å². The second-order valence-corrected chi connectivity index (χ2v) is 7.63. The molecule has 2 aromatic heterocycles. The quantitative estimate of drug-likeness (QED) is 0.594. The summed E-state index contributed by atoms with van der Waals surface area (Å²) in [6, 6.07) is 10.9. The third-order valence-corrected chi connectivity index (χ3v) is 5.71. The van der Waals surface area contributed by atoms with E-state index in [9.17, 15) is 9.59 Å². The minimum Gasteiger partial charge on any atom is -0.465 e. The van der Waals surface area contributed by atoms with Gasteiger partial charge in [-0.3, -0.25) is 4.79 Å². The topological polar surface area (TPSA) is 85.5 Å². The first-order valence-corrected chi connectivity index (χ1v) is 9.84. The van der Waals surface area contributed by atoms with Crippen molar-refractivity contribution in [1.82, 2.24) is 15.0 Å². The zero-order valence-corrected chi connectivity index (χ0v) is 16.1. The molecule has 1 aliphatic heterocycles. The highest BCUT2D eigenvalue weighted by molar-refractivity contribution is 7.09. The largest absolute Gasteiger partial charge is 0.465 e. The number of thiophene rings is 1. The summed E-state index contributed by atoms with van der Waals surface area (Å²) in [4.78, 5) is 31.4. The van der Waals surface area contributed by atoms with Crippen molar-refractivity contribution in [3.8, 4) is 11.4 Å². The first-order chi connectivity index (χ1) is 13.6. The Bertz CT molecular complexity index is 966. The van der Waals surface area contributed by atoms with Crippen molar-refractivity contribution in [2.75, 3.05) is 20.2 Å². The number of hydrogen-bond donors (Lipinski definition) is 0. The summed E-state index contributed by atoms with van der Waals surface area (Å²) >= 11 is 1.70. The number of carbonyl (C=O) groups excluding carboxylic acids is 2. The zero-order valence-electron chi connectivity index (χ0n) is 15.3. The number of amides is 1. The minimum absolute atomic E-state index is 0.0913. The summed E-state index contributed by atoms with van der Waals surface area (Å²) in [5.41, 5.74) is 1.19. The van der Waals surface area contributed by atoms with Gasteiger partial charge in [-0.15, -0.1) is 11.3 Å². The molecule has 8 heteroatoms. The number of benzene rings is 1. The van der Waals surface area contributed by atoms with Gasteiger partial charge >= 0.3 is 5.97 Å². The number of ether oxygens (including phenoxy) is 1. The lowest BCUT2D eigenvalue weighted by atomic mass is 10.1. The van der Waals surface area contributed by atoms with Crippen molar-refractivity contribution in [1.29, 1.82) is 0 Å². The van der Waals surface area contributed by atoms with Gasteiger partial charge in [0, 0.05) is 30.0 Å². The van der Waals surface area contributed by atoms with Gasteiger partial charge in [0.2, 0.25) is 17.6 Å². The van der Waals surface area contributed by atoms with Gasteiger partial charge in [-0.2, -0.15) is 4.98 Å². The van der Waals surface area contributed by atoms with E-state index < -0.39 is 5.97 Å². The Hall–Kier alpha value is -3.00. The van der Waals surface area contributed by atoms with Gasteiger partial charge in [0.15, 0.2) is 0 Å². The van der Waals surface area contributed by atoms with Crippen molar-refractivity contribution in [3.05, 3.63) is 58.1 Å². The molecule has 0 radical (unpaired) electrons. The number of esters is 1. The molecule has 1 amide bonds. The summed E-state index contributed by atoms with van der Waals surface area (Å²) < 4.78 is 10.1. The van der Waals surface area contributed by atoms with Crippen LogP contribution in [0.25, 0.3) is 11.4 Å². The maximum atomic E-state index is 12.3. The number of rotatable bonds is 6. The highest BCUT2D eigenvalue weighted by Gasteiger charge is 2.34. The molecule has 0 spiro atoms. The fourth-order valence-electron chi connectivity index (χ4n) is 3.25. The van der Waals surface area contributed by atoms with Crippen molar-refractivity contribution in [2.24, 2.45) is 0 Å². The summed E-state index contributed by atoms with van der Waals surface area (Å²) in [5, 5.41) is 6.08. The van der Waals surface area contributed by atoms with E-state index >= 15 is 0 Å². The van der Waals surface area contributed by atoms with E-state index in [1.165, 1.54) is 12.0 Å². The van der Waals surface area contributed by atoms with Crippen molar-refractivity contribution < 1.29 is 18.8 Å². The molecule has 1 aromatic carbocycles. The standard InChI is InChI=1S/C20H19N3O4S/c1-26-20(25)14-6-4-13(5-7-14)18-21-19(27-22-18)15-11-17(24)23(12-15)9-8-16-3-2-10-28-16/h2-7,10,15H,8-9,11-12H2,1H3. The molecule has 4 rings (SSSR count). The van der Waals surface area contributed by atoms with Gasteiger partial charge in [-0.1, -0.05) is 23.4 Å². The van der Waals surface area contributed by atoms with Gasteiger partial charge in [-0.25, -0.2) is 4.79 Å². The SMILES string of the molecule is COC(=O)c1ccc(-c2noc(C3CC(=O)N(CCc4cccs4)C3)n2)cc1. The molecular weight excluding hydrogens is 378 g/mol. The summed E-state index contributed by atoms with van der Waals surface area (Å²) in [5.74, 6) is 0.539. The number of carbonyl (C=O) groups is 2. The average Bonchev–Trinajstić information content (AvgIpc) is 3.47. The van der Waals surface area contributed by atoms with E-state index in [-0.39, 0.29) is 11.8 Å². The normalized spacial score (nSPS) is 16.5. The fourth-order valence-corrected chi connectivity index (χ4v) is 3.94. The Morgan fingerprint density at radius 2 is 2.14 bits per heavy atom. The van der Waals surface area contributed by atoms with Gasteiger partial charge in [0.05, 0.1) is 18.6 Å². The molecule has 0 saturated carbocycles. The Kier molecular flexibility index (Phi) is 5.21. The predicted molar refractivity (Wildman–Crippen MR) is 103 cm³/mol. The van der Waals surface area contributed by atoms with Crippen LogP contribution in [0.5, 0.6) is 0 Å². The zero-order chi connectivity index (χ0) is 19.5. The molecule has 7 nitrogen and oxygen atoms in total. The number of nitrogens with zero attached hydrogens (tertiary/aromatic N) is 3. The first-order valence-electron chi connectivity index (χ1n) is 8.96. The monoisotopic (exact) mass is 397 g/mol. The van der Waals surface area contributed by atoms with Crippen LogP contribution in [-0.4, -0.2) is 47.1 Å².